The van der Waals surface area contributed by atoms with Crippen LogP contribution < -0.4 is 10.6 Å². The second-order valence-corrected chi connectivity index (χ2v) is 6.51. The van der Waals surface area contributed by atoms with Gasteiger partial charge in [0.05, 0.1) is 18.8 Å². The Hall–Kier alpha value is -1.69. The highest BCUT2D eigenvalue weighted by Crippen LogP contribution is 2.51. The van der Waals surface area contributed by atoms with Crippen molar-refractivity contribution in [1.29, 1.82) is 0 Å². The van der Waals surface area contributed by atoms with E-state index in [0.29, 0.717) is 6.61 Å². The van der Waals surface area contributed by atoms with Crippen molar-refractivity contribution in [2.75, 3.05) is 33.4 Å². The number of carbonyl (C=O) groups excluding carboxylic acids is 1. The molecule has 1 spiro atoms. The van der Waals surface area contributed by atoms with Crippen LogP contribution in [0.15, 0.2) is 36.9 Å². The fraction of sp³-hybridized carbons (Fsp3) is 0.526. The summed E-state index contributed by atoms with van der Waals surface area (Å²) in [5.41, 5.74) is 2.41. The van der Waals surface area contributed by atoms with E-state index in [4.69, 9.17) is 9.47 Å². The highest BCUT2D eigenvalue weighted by atomic mass is 16.5. The van der Waals surface area contributed by atoms with Gasteiger partial charge in [0, 0.05) is 12.5 Å². The fourth-order valence-electron chi connectivity index (χ4n) is 4.21. The standard InChI is InChI=1S/C19H26N2O3/c1-3-12-24-18-17(21-16(22)13-23-2)14-6-4-5-7-15(14)19(18)8-10-20-11-9-19/h3-7,17-18,20H,1,8-13H2,2H3,(H,21,22)/t17-,18+/m1/s1. The zero-order chi connectivity index (χ0) is 17.0. The van der Waals surface area contributed by atoms with Crippen LogP contribution in [0.25, 0.3) is 0 Å². The molecule has 3 rings (SSSR count). The van der Waals surface area contributed by atoms with Crippen molar-refractivity contribution in [1.82, 2.24) is 10.6 Å². The average Bonchev–Trinajstić information content (AvgIpc) is 2.84. The molecule has 5 nitrogen and oxygen atoms in total. The summed E-state index contributed by atoms with van der Waals surface area (Å²) in [6.45, 7) is 6.23. The van der Waals surface area contributed by atoms with Crippen LogP contribution in [0.3, 0.4) is 0 Å². The van der Waals surface area contributed by atoms with Crippen LogP contribution in [0.5, 0.6) is 0 Å². The highest BCUT2D eigenvalue weighted by Gasteiger charge is 2.53. The summed E-state index contributed by atoms with van der Waals surface area (Å²) in [6, 6.07) is 8.24. The molecule has 0 bridgehead atoms. The van der Waals surface area contributed by atoms with E-state index in [9.17, 15) is 4.79 Å². The zero-order valence-corrected chi connectivity index (χ0v) is 14.2. The molecule has 24 heavy (non-hydrogen) atoms. The molecule has 0 aromatic heterocycles. The number of nitrogens with one attached hydrogen (secondary N) is 2. The fourth-order valence-corrected chi connectivity index (χ4v) is 4.21. The van der Waals surface area contributed by atoms with Crippen LogP contribution >= 0.6 is 0 Å². The number of ether oxygens (including phenoxy) is 2. The minimum absolute atomic E-state index is 0.0569. The molecule has 0 radical (unpaired) electrons. The third-order valence-corrected chi connectivity index (χ3v) is 5.16. The van der Waals surface area contributed by atoms with E-state index >= 15 is 0 Å². The van der Waals surface area contributed by atoms with Crippen molar-refractivity contribution >= 4 is 5.91 Å². The van der Waals surface area contributed by atoms with Crippen LogP contribution in [0.4, 0.5) is 0 Å². The van der Waals surface area contributed by atoms with Gasteiger partial charge in [-0.1, -0.05) is 30.3 Å². The minimum Gasteiger partial charge on any atom is -0.375 e. The Balaban J connectivity index is 1.98. The first-order valence-corrected chi connectivity index (χ1v) is 8.54. The summed E-state index contributed by atoms with van der Waals surface area (Å²) in [7, 11) is 1.53. The maximum atomic E-state index is 12.2. The molecule has 130 valence electrons. The second-order valence-electron chi connectivity index (χ2n) is 6.51. The van der Waals surface area contributed by atoms with Gasteiger partial charge in [-0.2, -0.15) is 0 Å². The van der Waals surface area contributed by atoms with E-state index in [1.54, 1.807) is 6.08 Å². The molecule has 0 saturated carbocycles. The Morgan fingerprint density at radius 3 is 2.88 bits per heavy atom. The van der Waals surface area contributed by atoms with Crippen LogP contribution in [0.2, 0.25) is 0 Å². The summed E-state index contributed by atoms with van der Waals surface area (Å²) >= 11 is 0. The SMILES string of the molecule is C=CCO[C@H]1[C@H](NC(=O)COC)c2ccccc2C12CCNCC2. The molecule has 2 N–H and O–H groups in total. The summed E-state index contributed by atoms with van der Waals surface area (Å²) in [5, 5.41) is 6.56. The summed E-state index contributed by atoms with van der Waals surface area (Å²) in [4.78, 5) is 12.2. The van der Waals surface area contributed by atoms with E-state index in [1.165, 1.54) is 12.7 Å². The number of methoxy groups -OCH3 is 1. The lowest BCUT2D eigenvalue weighted by Crippen LogP contribution is -2.50. The molecule has 1 aromatic carbocycles. The predicted molar refractivity (Wildman–Crippen MR) is 92.9 cm³/mol. The lowest BCUT2D eigenvalue weighted by Gasteiger charge is -2.41. The Bertz CT molecular complexity index is 596. The maximum Gasteiger partial charge on any atom is 0.246 e. The molecule has 1 aromatic rings. The summed E-state index contributed by atoms with van der Waals surface area (Å²) < 4.78 is 11.2. The Labute approximate surface area is 143 Å². The maximum absolute atomic E-state index is 12.2. The number of benzene rings is 1. The van der Waals surface area contributed by atoms with Crippen molar-refractivity contribution in [3.8, 4) is 0 Å². The van der Waals surface area contributed by atoms with Crippen molar-refractivity contribution in [2.24, 2.45) is 0 Å². The first-order chi connectivity index (χ1) is 11.7. The van der Waals surface area contributed by atoms with Gasteiger partial charge in [0.15, 0.2) is 0 Å². The predicted octanol–water partition coefficient (Wildman–Crippen LogP) is 1.70. The molecule has 1 saturated heterocycles. The molecule has 1 aliphatic carbocycles. The molecule has 5 heteroatoms. The van der Waals surface area contributed by atoms with Crippen molar-refractivity contribution < 1.29 is 14.3 Å². The van der Waals surface area contributed by atoms with Gasteiger partial charge in [-0.25, -0.2) is 0 Å². The van der Waals surface area contributed by atoms with Crippen molar-refractivity contribution in [3.63, 3.8) is 0 Å². The molecule has 2 atom stereocenters. The van der Waals surface area contributed by atoms with Gasteiger partial charge in [0.25, 0.3) is 0 Å². The van der Waals surface area contributed by atoms with Gasteiger partial charge in [-0.3, -0.25) is 4.79 Å². The zero-order valence-electron chi connectivity index (χ0n) is 14.2. The lowest BCUT2D eigenvalue weighted by molar-refractivity contribution is -0.127. The van der Waals surface area contributed by atoms with Crippen molar-refractivity contribution in [2.45, 2.75) is 30.4 Å². The van der Waals surface area contributed by atoms with E-state index in [0.717, 1.165) is 31.5 Å². The smallest absolute Gasteiger partial charge is 0.246 e. The normalized spacial score (nSPS) is 24.5. The first kappa shape index (κ1) is 17.1. The number of hydrogen-bond donors (Lipinski definition) is 2. The third kappa shape index (κ3) is 2.99. The highest BCUT2D eigenvalue weighted by molar-refractivity contribution is 5.78. The van der Waals surface area contributed by atoms with Gasteiger partial charge in [0.1, 0.15) is 6.61 Å². The van der Waals surface area contributed by atoms with Crippen LogP contribution in [-0.2, 0) is 19.7 Å². The van der Waals surface area contributed by atoms with Crippen LogP contribution in [0, 0.1) is 0 Å². The number of rotatable bonds is 6. The Morgan fingerprint density at radius 1 is 1.42 bits per heavy atom. The van der Waals surface area contributed by atoms with E-state index in [-0.39, 0.29) is 30.1 Å². The van der Waals surface area contributed by atoms with Gasteiger partial charge in [-0.15, -0.1) is 6.58 Å². The third-order valence-electron chi connectivity index (χ3n) is 5.16. The molecule has 1 heterocycles. The summed E-state index contributed by atoms with van der Waals surface area (Å²) in [6.07, 6.45) is 3.69. The van der Waals surface area contributed by atoms with Crippen LogP contribution in [-0.4, -0.2) is 45.4 Å². The van der Waals surface area contributed by atoms with E-state index < -0.39 is 0 Å². The monoisotopic (exact) mass is 330 g/mol. The largest absolute Gasteiger partial charge is 0.375 e. The number of hydrogen-bond acceptors (Lipinski definition) is 4. The van der Waals surface area contributed by atoms with E-state index in [1.807, 2.05) is 6.07 Å². The minimum atomic E-state index is -0.151. The molecule has 1 amide bonds. The molecule has 0 unspecified atom stereocenters. The van der Waals surface area contributed by atoms with Crippen molar-refractivity contribution in [3.05, 3.63) is 48.0 Å². The quantitative estimate of drug-likeness (QED) is 0.780. The Morgan fingerprint density at radius 2 is 2.17 bits per heavy atom. The molecule has 1 fully saturated rings. The lowest BCUT2D eigenvalue weighted by atomic mass is 9.72. The molecule has 1 aliphatic heterocycles. The van der Waals surface area contributed by atoms with Gasteiger partial charge in [0.2, 0.25) is 5.91 Å². The molecular weight excluding hydrogens is 304 g/mol. The number of fused-ring (bicyclic) bond motifs is 2. The summed E-state index contributed by atoms with van der Waals surface area (Å²) in [5.74, 6) is -0.115. The topological polar surface area (TPSA) is 59.6 Å². The number of amides is 1. The Kier molecular flexibility index (Phi) is 5.33. The average molecular weight is 330 g/mol. The number of piperidine rings is 1. The molecule has 2 aliphatic rings. The van der Waals surface area contributed by atoms with Gasteiger partial charge < -0.3 is 20.1 Å². The van der Waals surface area contributed by atoms with Crippen LogP contribution in [0.1, 0.15) is 30.0 Å². The van der Waals surface area contributed by atoms with Gasteiger partial charge >= 0.3 is 0 Å². The molecular formula is C19H26N2O3. The van der Waals surface area contributed by atoms with Gasteiger partial charge in [-0.05, 0) is 37.1 Å². The second kappa shape index (κ2) is 7.47. The number of carbonyl (C=O) groups is 1. The first-order valence-electron chi connectivity index (χ1n) is 8.54. The van der Waals surface area contributed by atoms with E-state index in [2.05, 4.69) is 35.4 Å².